The number of aromatic nitrogens is 3. The molecular formula is C17H18F3N5O3. The van der Waals surface area contributed by atoms with E-state index < -0.39 is 24.7 Å². The van der Waals surface area contributed by atoms with Crippen LogP contribution in [0.25, 0.3) is 0 Å². The lowest BCUT2D eigenvalue weighted by Gasteiger charge is -2.15. The molecule has 0 bridgehead atoms. The molecule has 2 aromatic rings. The van der Waals surface area contributed by atoms with E-state index in [0.29, 0.717) is 11.4 Å². The highest BCUT2D eigenvalue weighted by Gasteiger charge is 2.29. The van der Waals surface area contributed by atoms with Gasteiger partial charge in [-0.25, -0.2) is 15.0 Å². The maximum absolute atomic E-state index is 12.4. The van der Waals surface area contributed by atoms with E-state index in [1.165, 1.54) is 20.0 Å². The van der Waals surface area contributed by atoms with Crippen LogP contribution in [0.2, 0.25) is 0 Å². The molecule has 0 aliphatic carbocycles. The van der Waals surface area contributed by atoms with Crippen LogP contribution in [0.4, 0.5) is 19.0 Å². The molecular weight excluding hydrogens is 379 g/mol. The van der Waals surface area contributed by atoms with Gasteiger partial charge in [0.1, 0.15) is 17.2 Å². The summed E-state index contributed by atoms with van der Waals surface area (Å²) in [5, 5.41) is 5.24. The van der Waals surface area contributed by atoms with Gasteiger partial charge in [-0.05, 0) is 31.5 Å². The van der Waals surface area contributed by atoms with Gasteiger partial charge in [-0.2, -0.15) is 13.2 Å². The van der Waals surface area contributed by atoms with Crippen molar-refractivity contribution in [2.24, 2.45) is 0 Å². The standard InChI is InChI=1S/C17H18F3N5O3/c1-9(12-4-5-21-14(6-12)25-11(3)26)24-15(27)13-7-22-16(10(2)23-13)28-8-17(18,19)20/h4-7,9H,8H2,1-3H3,(H,24,27)(H,21,25,26). The third-order valence-electron chi connectivity index (χ3n) is 3.44. The maximum atomic E-state index is 12.4. The van der Waals surface area contributed by atoms with Crippen molar-refractivity contribution in [2.45, 2.75) is 33.0 Å². The molecule has 0 saturated heterocycles. The molecule has 1 atom stereocenters. The summed E-state index contributed by atoms with van der Waals surface area (Å²) in [5.74, 6) is -0.799. The molecule has 1 unspecified atom stereocenters. The SMILES string of the molecule is CC(=O)Nc1cc(C(C)NC(=O)c2cnc(OCC(F)(F)F)c(C)n2)ccn1. The van der Waals surface area contributed by atoms with Crippen LogP contribution in [0.15, 0.2) is 24.5 Å². The zero-order chi connectivity index (χ0) is 20.9. The van der Waals surface area contributed by atoms with Crippen LogP contribution in [0.5, 0.6) is 5.88 Å². The van der Waals surface area contributed by atoms with Gasteiger partial charge in [-0.3, -0.25) is 9.59 Å². The highest BCUT2D eigenvalue weighted by molar-refractivity contribution is 5.92. The molecule has 11 heteroatoms. The molecule has 8 nitrogen and oxygen atoms in total. The number of carbonyl (C=O) groups excluding carboxylic acids is 2. The molecule has 0 aromatic carbocycles. The van der Waals surface area contributed by atoms with Crippen molar-refractivity contribution in [3.05, 3.63) is 41.5 Å². The molecule has 28 heavy (non-hydrogen) atoms. The molecule has 2 aromatic heterocycles. The van der Waals surface area contributed by atoms with Gasteiger partial charge in [-0.15, -0.1) is 0 Å². The molecule has 0 spiro atoms. The summed E-state index contributed by atoms with van der Waals surface area (Å²) in [6, 6.07) is 2.82. The first-order valence-electron chi connectivity index (χ1n) is 8.13. The van der Waals surface area contributed by atoms with Crippen molar-refractivity contribution in [1.29, 1.82) is 0 Å². The summed E-state index contributed by atoms with van der Waals surface area (Å²) in [5.41, 5.74) is 0.670. The Balaban J connectivity index is 2.06. The van der Waals surface area contributed by atoms with E-state index >= 15 is 0 Å². The summed E-state index contributed by atoms with van der Waals surface area (Å²) in [7, 11) is 0. The number of aryl methyl sites for hydroxylation is 1. The summed E-state index contributed by atoms with van der Waals surface area (Å²) < 4.78 is 41.2. The Labute approximate surface area is 158 Å². The highest BCUT2D eigenvalue weighted by Crippen LogP contribution is 2.19. The molecule has 2 heterocycles. The van der Waals surface area contributed by atoms with Gasteiger partial charge in [0.25, 0.3) is 5.91 Å². The van der Waals surface area contributed by atoms with E-state index in [2.05, 4.69) is 30.3 Å². The minimum atomic E-state index is -4.50. The topological polar surface area (TPSA) is 106 Å². The fourth-order valence-electron chi connectivity index (χ4n) is 2.19. The van der Waals surface area contributed by atoms with Crippen LogP contribution in [0.1, 0.15) is 41.6 Å². The summed E-state index contributed by atoms with van der Waals surface area (Å²) in [6.45, 7) is 2.96. The summed E-state index contributed by atoms with van der Waals surface area (Å²) >= 11 is 0. The normalized spacial score (nSPS) is 12.2. The second-order valence-corrected chi connectivity index (χ2v) is 5.90. The maximum Gasteiger partial charge on any atom is 0.422 e. The molecule has 0 saturated carbocycles. The number of anilines is 1. The third kappa shape index (κ3) is 6.18. The quantitative estimate of drug-likeness (QED) is 0.776. The first-order valence-corrected chi connectivity index (χ1v) is 8.13. The van der Waals surface area contributed by atoms with Crippen LogP contribution in [0.3, 0.4) is 0 Å². The lowest BCUT2D eigenvalue weighted by atomic mass is 10.1. The van der Waals surface area contributed by atoms with Crippen molar-refractivity contribution < 1.29 is 27.5 Å². The summed E-state index contributed by atoms with van der Waals surface area (Å²) in [6.07, 6.45) is -1.98. The zero-order valence-corrected chi connectivity index (χ0v) is 15.3. The van der Waals surface area contributed by atoms with Crippen molar-refractivity contribution >= 4 is 17.6 Å². The van der Waals surface area contributed by atoms with E-state index in [1.54, 1.807) is 19.1 Å². The number of ether oxygens (including phenoxy) is 1. The molecule has 2 N–H and O–H groups in total. The fourth-order valence-corrected chi connectivity index (χ4v) is 2.19. The third-order valence-corrected chi connectivity index (χ3v) is 3.44. The van der Waals surface area contributed by atoms with E-state index in [9.17, 15) is 22.8 Å². The van der Waals surface area contributed by atoms with Crippen molar-refractivity contribution in [3.63, 3.8) is 0 Å². The Hall–Kier alpha value is -3.24. The Morgan fingerprint density at radius 2 is 2.00 bits per heavy atom. The molecule has 0 aliphatic heterocycles. The zero-order valence-electron chi connectivity index (χ0n) is 15.3. The van der Waals surface area contributed by atoms with Crippen LogP contribution >= 0.6 is 0 Å². The molecule has 150 valence electrons. The van der Waals surface area contributed by atoms with Gasteiger partial charge in [0.05, 0.1) is 12.2 Å². The Bertz CT molecular complexity index is 873. The smallest absolute Gasteiger partial charge is 0.422 e. The number of nitrogens with zero attached hydrogens (tertiary/aromatic N) is 3. The number of halogens is 3. The number of hydrogen-bond acceptors (Lipinski definition) is 6. The Morgan fingerprint density at radius 3 is 2.61 bits per heavy atom. The highest BCUT2D eigenvalue weighted by atomic mass is 19.4. The van der Waals surface area contributed by atoms with Crippen LogP contribution in [-0.2, 0) is 4.79 Å². The van der Waals surface area contributed by atoms with Gasteiger partial charge in [0.2, 0.25) is 11.8 Å². The predicted molar refractivity (Wildman–Crippen MR) is 92.7 cm³/mol. The molecule has 0 radical (unpaired) electrons. The lowest BCUT2D eigenvalue weighted by Crippen LogP contribution is -2.28. The van der Waals surface area contributed by atoms with E-state index in [4.69, 9.17) is 0 Å². The largest absolute Gasteiger partial charge is 0.467 e. The molecule has 2 rings (SSSR count). The van der Waals surface area contributed by atoms with Crippen LogP contribution in [-0.4, -0.2) is 39.5 Å². The van der Waals surface area contributed by atoms with E-state index in [1.807, 2.05) is 0 Å². The van der Waals surface area contributed by atoms with Gasteiger partial charge in [-0.1, -0.05) is 0 Å². The second-order valence-electron chi connectivity index (χ2n) is 5.90. The Kier molecular flexibility index (Phi) is 6.49. The number of hydrogen-bond donors (Lipinski definition) is 2. The second kappa shape index (κ2) is 8.63. The minimum absolute atomic E-state index is 0.0569. The average Bonchev–Trinajstić information content (AvgIpc) is 2.59. The van der Waals surface area contributed by atoms with Gasteiger partial charge in [0.15, 0.2) is 6.61 Å². The Morgan fingerprint density at radius 1 is 1.29 bits per heavy atom. The number of amides is 2. The number of rotatable bonds is 6. The van der Waals surface area contributed by atoms with E-state index in [0.717, 1.165) is 6.20 Å². The van der Waals surface area contributed by atoms with Crippen molar-refractivity contribution in [1.82, 2.24) is 20.3 Å². The van der Waals surface area contributed by atoms with Crippen molar-refractivity contribution in [3.8, 4) is 5.88 Å². The first-order chi connectivity index (χ1) is 13.0. The van der Waals surface area contributed by atoms with Gasteiger partial charge in [0, 0.05) is 13.1 Å². The molecule has 2 amide bonds. The first kappa shape index (κ1) is 21.1. The summed E-state index contributed by atoms with van der Waals surface area (Å²) in [4.78, 5) is 35.1. The lowest BCUT2D eigenvalue weighted by molar-refractivity contribution is -0.154. The number of pyridine rings is 1. The molecule has 0 fully saturated rings. The van der Waals surface area contributed by atoms with E-state index in [-0.39, 0.29) is 23.2 Å². The number of alkyl halides is 3. The van der Waals surface area contributed by atoms with Gasteiger partial charge < -0.3 is 15.4 Å². The minimum Gasteiger partial charge on any atom is -0.467 e. The van der Waals surface area contributed by atoms with Crippen molar-refractivity contribution in [2.75, 3.05) is 11.9 Å². The monoisotopic (exact) mass is 397 g/mol. The number of carbonyl (C=O) groups is 2. The van der Waals surface area contributed by atoms with Crippen LogP contribution in [0, 0.1) is 6.92 Å². The predicted octanol–water partition coefficient (Wildman–Crippen LogP) is 2.57. The fraction of sp³-hybridized carbons (Fsp3) is 0.353. The average molecular weight is 397 g/mol. The van der Waals surface area contributed by atoms with Crippen LogP contribution < -0.4 is 15.4 Å². The van der Waals surface area contributed by atoms with Gasteiger partial charge >= 0.3 is 6.18 Å². The number of nitrogens with one attached hydrogen (secondary N) is 2. The molecule has 0 aliphatic rings.